The number of carbonyl (C=O) groups excluding carboxylic acids is 1. The summed E-state index contributed by atoms with van der Waals surface area (Å²) < 4.78 is 6.65. The van der Waals surface area contributed by atoms with Gasteiger partial charge in [0, 0.05) is 13.1 Å². The molecule has 0 atom stereocenters. The largest absolute Gasteiger partial charge is 0.494 e. The molecule has 0 spiro atoms. The standard InChI is InChI=1S/C25H33N3O2S/c1-6-27(7-2)13-14-28(23(29)17-20-9-11-21(12-10-20)30-8-3)25-26-24-19(5)15-18(4)16-22(24)31-25/h9-12,15-16H,6-8,13-14,17H2,1-5H3. The monoisotopic (exact) mass is 439 g/mol. The number of aryl methyl sites for hydroxylation is 2. The van der Waals surface area contributed by atoms with Crippen LogP contribution in [0.4, 0.5) is 5.13 Å². The van der Waals surface area contributed by atoms with Crippen LogP contribution in [0.5, 0.6) is 5.75 Å². The van der Waals surface area contributed by atoms with Gasteiger partial charge < -0.3 is 9.64 Å². The first-order valence-electron chi connectivity index (χ1n) is 11.1. The zero-order valence-corrected chi connectivity index (χ0v) is 20.1. The van der Waals surface area contributed by atoms with Crippen LogP contribution in [0.2, 0.25) is 0 Å². The van der Waals surface area contributed by atoms with Crippen molar-refractivity contribution in [3.63, 3.8) is 0 Å². The minimum Gasteiger partial charge on any atom is -0.494 e. The summed E-state index contributed by atoms with van der Waals surface area (Å²) in [4.78, 5) is 22.5. The molecule has 6 heteroatoms. The van der Waals surface area contributed by atoms with Crippen LogP contribution in [0.3, 0.4) is 0 Å². The molecular formula is C25H33N3O2S. The third kappa shape index (κ3) is 5.83. The van der Waals surface area contributed by atoms with Gasteiger partial charge in [0.25, 0.3) is 0 Å². The number of carbonyl (C=O) groups is 1. The molecule has 5 nitrogen and oxygen atoms in total. The lowest BCUT2D eigenvalue weighted by Crippen LogP contribution is -2.39. The van der Waals surface area contributed by atoms with E-state index < -0.39 is 0 Å². The second kappa shape index (κ2) is 10.7. The van der Waals surface area contributed by atoms with Gasteiger partial charge in [0.2, 0.25) is 5.91 Å². The van der Waals surface area contributed by atoms with Crippen molar-refractivity contribution in [2.45, 2.75) is 41.0 Å². The van der Waals surface area contributed by atoms with Crippen molar-refractivity contribution >= 4 is 32.6 Å². The fourth-order valence-electron chi connectivity index (χ4n) is 3.72. The van der Waals surface area contributed by atoms with Gasteiger partial charge in [-0.25, -0.2) is 4.98 Å². The normalized spacial score (nSPS) is 11.3. The number of fused-ring (bicyclic) bond motifs is 1. The fraction of sp³-hybridized carbons (Fsp3) is 0.440. The maximum Gasteiger partial charge on any atom is 0.233 e. The average molecular weight is 440 g/mol. The van der Waals surface area contributed by atoms with E-state index in [1.807, 2.05) is 36.1 Å². The third-order valence-electron chi connectivity index (χ3n) is 5.47. The third-order valence-corrected chi connectivity index (χ3v) is 6.50. The molecule has 3 rings (SSSR count). The Morgan fingerprint density at radius 2 is 1.74 bits per heavy atom. The summed E-state index contributed by atoms with van der Waals surface area (Å²) in [6.07, 6.45) is 0.346. The van der Waals surface area contributed by atoms with E-state index in [0.29, 0.717) is 19.6 Å². The number of hydrogen-bond donors (Lipinski definition) is 0. The van der Waals surface area contributed by atoms with Crippen molar-refractivity contribution in [3.8, 4) is 5.75 Å². The van der Waals surface area contributed by atoms with Crippen LogP contribution in [0.15, 0.2) is 36.4 Å². The quantitative estimate of drug-likeness (QED) is 0.434. The van der Waals surface area contributed by atoms with E-state index >= 15 is 0 Å². The highest BCUT2D eigenvalue weighted by molar-refractivity contribution is 7.22. The Morgan fingerprint density at radius 3 is 2.39 bits per heavy atom. The zero-order valence-electron chi connectivity index (χ0n) is 19.3. The maximum atomic E-state index is 13.4. The van der Waals surface area contributed by atoms with Crippen molar-refractivity contribution < 1.29 is 9.53 Å². The first kappa shape index (κ1) is 23.2. The Hall–Kier alpha value is -2.44. The average Bonchev–Trinajstić information content (AvgIpc) is 3.16. The molecule has 0 N–H and O–H groups in total. The summed E-state index contributed by atoms with van der Waals surface area (Å²) in [5.74, 6) is 0.902. The minimum atomic E-state index is 0.0738. The molecule has 0 saturated heterocycles. The number of rotatable bonds is 10. The number of likely N-dealkylation sites (N-methyl/N-ethyl adjacent to an activating group) is 1. The Kier molecular flexibility index (Phi) is 8.04. The highest BCUT2D eigenvalue weighted by atomic mass is 32.1. The summed E-state index contributed by atoms with van der Waals surface area (Å²) in [6.45, 7) is 14.5. The van der Waals surface area contributed by atoms with Crippen LogP contribution in [0.1, 0.15) is 37.5 Å². The first-order chi connectivity index (χ1) is 14.9. The van der Waals surface area contributed by atoms with Gasteiger partial charge in [0.1, 0.15) is 5.75 Å². The smallest absolute Gasteiger partial charge is 0.233 e. The molecule has 0 radical (unpaired) electrons. The minimum absolute atomic E-state index is 0.0738. The number of amides is 1. The first-order valence-corrected chi connectivity index (χ1v) is 11.9. The molecule has 0 unspecified atom stereocenters. The van der Waals surface area contributed by atoms with Crippen LogP contribution in [-0.2, 0) is 11.2 Å². The number of ether oxygens (including phenoxy) is 1. The van der Waals surface area contributed by atoms with E-state index in [4.69, 9.17) is 9.72 Å². The SMILES string of the molecule is CCOc1ccc(CC(=O)N(CCN(CC)CC)c2nc3c(C)cc(C)cc3s2)cc1. The van der Waals surface area contributed by atoms with Crippen LogP contribution in [0.25, 0.3) is 10.2 Å². The summed E-state index contributed by atoms with van der Waals surface area (Å²) >= 11 is 1.60. The Labute approximate surface area is 189 Å². The number of anilines is 1. The topological polar surface area (TPSA) is 45.7 Å². The summed E-state index contributed by atoms with van der Waals surface area (Å²) in [5, 5.41) is 0.784. The molecule has 0 fully saturated rings. The molecule has 0 bridgehead atoms. The van der Waals surface area contributed by atoms with E-state index in [2.05, 4.69) is 44.7 Å². The highest BCUT2D eigenvalue weighted by Gasteiger charge is 2.21. The Morgan fingerprint density at radius 1 is 1.03 bits per heavy atom. The molecule has 0 saturated carbocycles. The van der Waals surface area contributed by atoms with Crippen molar-refractivity contribution in [1.29, 1.82) is 0 Å². The van der Waals surface area contributed by atoms with Gasteiger partial charge in [-0.1, -0.05) is 43.4 Å². The van der Waals surface area contributed by atoms with Crippen molar-refractivity contribution in [2.24, 2.45) is 0 Å². The van der Waals surface area contributed by atoms with Gasteiger partial charge in [-0.2, -0.15) is 0 Å². The molecule has 0 aliphatic rings. The second-order valence-corrected chi connectivity index (χ2v) is 8.76. The van der Waals surface area contributed by atoms with Crippen LogP contribution in [-0.4, -0.2) is 48.6 Å². The van der Waals surface area contributed by atoms with E-state index in [1.165, 1.54) is 5.56 Å². The molecule has 166 valence electrons. The lowest BCUT2D eigenvalue weighted by atomic mass is 10.1. The molecular weight excluding hydrogens is 406 g/mol. The van der Waals surface area contributed by atoms with Crippen molar-refractivity contribution in [3.05, 3.63) is 53.1 Å². The van der Waals surface area contributed by atoms with Gasteiger partial charge >= 0.3 is 0 Å². The van der Waals surface area contributed by atoms with E-state index in [1.54, 1.807) is 11.3 Å². The van der Waals surface area contributed by atoms with Gasteiger partial charge in [-0.05, 0) is 68.8 Å². The molecule has 2 aromatic carbocycles. The highest BCUT2D eigenvalue weighted by Crippen LogP contribution is 2.32. The van der Waals surface area contributed by atoms with Crippen molar-refractivity contribution in [1.82, 2.24) is 9.88 Å². The summed E-state index contributed by atoms with van der Waals surface area (Å²) in [6, 6.07) is 12.1. The molecule has 3 aromatic rings. The summed E-state index contributed by atoms with van der Waals surface area (Å²) in [7, 11) is 0. The molecule has 0 aliphatic heterocycles. The maximum absolute atomic E-state index is 13.4. The van der Waals surface area contributed by atoms with E-state index in [-0.39, 0.29) is 5.91 Å². The Bertz CT molecular complexity index is 1010. The molecule has 1 heterocycles. The zero-order chi connectivity index (χ0) is 22.4. The number of thiazole rings is 1. The van der Waals surface area contributed by atoms with Gasteiger partial charge in [-0.15, -0.1) is 0 Å². The fourth-order valence-corrected chi connectivity index (χ4v) is 4.91. The number of nitrogens with zero attached hydrogens (tertiary/aromatic N) is 3. The molecule has 0 aliphatic carbocycles. The van der Waals surface area contributed by atoms with Gasteiger partial charge in [0.15, 0.2) is 5.13 Å². The lowest BCUT2D eigenvalue weighted by molar-refractivity contribution is -0.118. The predicted octanol–water partition coefficient (Wildman–Crippen LogP) is 5.23. The Balaban J connectivity index is 1.86. The lowest BCUT2D eigenvalue weighted by Gasteiger charge is -2.24. The van der Waals surface area contributed by atoms with Crippen LogP contribution < -0.4 is 9.64 Å². The van der Waals surface area contributed by atoms with Crippen LogP contribution >= 0.6 is 11.3 Å². The number of aromatic nitrogens is 1. The van der Waals surface area contributed by atoms with Crippen LogP contribution in [0, 0.1) is 13.8 Å². The second-order valence-electron chi connectivity index (χ2n) is 7.75. The summed E-state index contributed by atoms with van der Waals surface area (Å²) in [5.41, 5.74) is 4.34. The molecule has 31 heavy (non-hydrogen) atoms. The molecule has 1 amide bonds. The number of benzene rings is 2. The van der Waals surface area contributed by atoms with Gasteiger partial charge in [-0.3, -0.25) is 9.69 Å². The van der Waals surface area contributed by atoms with Crippen molar-refractivity contribution in [2.75, 3.05) is 37.7 Å². The van der Waals surface area contributed by atoms with E-state index in [9.17, 15) is 4.79 Å². The molecule has 1 aromatic heterocycles. The number of hydrogen-bond acceptors (Lipinski definition) is 5. The van der Waals surface area contributed by atoms with Gasteiger partial charge in [0.05, 0.1) is 23.2 Å². The van der Waals surface area contributed by atoms with E-state index in [0.717, 1.165) is 51.9 Å². The predicted molar refractivity (Wildman–Crippen MR) is 131 cm³/mol.